The van der Waals surface area contributed by atoms with Gasteiger partial charge in [-0.2, -0.15) is 0 Å². The molecule has 7 heteroatoms. The second kappa shape index (κ2) is 7.84. The molecule has 0 aliphatic heterocycles. The quantitative estimate of drug-likeness (QED) is 0.723. The highest BCUT2D eigenvalue weighted by Gasteiger charge is 2.16. The molecule has 0 radical (unpaired) electrons. The van der Waals surface area contributed by atoms with E-state index in [4.69, 9.17) is 0 Å². The highest BCUT2D eigenvalue weighted by atomic mass is 32.1. The maximum absolute atomic E-state index is 13.6. The van der Waals surface area contributed by atoms with Crippen molar-refractivity contribution in [1.82, 2.24) is 9.88 Å². The van der Waals surface area contributed by atoms with Crippen molar-refractivity contribution in [1.29, 1.82) is 0 Å². The van der Waals surface area contributed by atoms with E-state index in [0.717, 1.165) is 16.2 Å². The van der Waals surface area contributed by atoms with E-state index in [2.05, 4.69) is 5.32 Å². The third-order valence-corrected chi connectivity index (χ3v) is 5.10. The summed E-state index contributed by atoms with van der Waals surface area (Å²) in [7, 11) is 0. The fourth-order valence-electron chi connectivity index (χ4n) is 2.77. The molecule has 0 saturated carbocycles. The zero-order valence-corrected chi connectivity index (χ0v) is 15.7. The van der Waals surface area contributed by atoms with Crippen molar-refractivity contribution in [3.63, 3.8) is 0 Å². The van der Waals surface area contributed by atoms with Crippen molar-refractivity contribution in [2.45, 2.75) is 26.9 Å². The Morgan fingerprint density at radius 2 is 1.81 bits per heavy atom. The first-order chi connectivity index (χ1) is 12.8. The van der Waals surface area contributed by atoms with Gasteiger partial charge in [0, 0.05) is 11.4 Å². The highest BCUT2D eigenvalue weighted by molar-refractivity contribution is 7.09. The van der Waals surface area contributed by atoms with E-state index in [-0.39, 0.29) is 35.5 Å². The fourth-order valence-corrected chi connectivity index (χ4v) is 3.63. The van der Waals surface area contributed by atoms with Crippen LogP contribution in [0.2, 0.25) is 0 Å². The van der Waals surface area contributed by atoms with Gasteiger partial charge in [-0.3, -0.25) is 14.2 Å². The van der Waals surface area contributed by atoms with E-state index in [1.807, 2.05) is 0 Å². The Hall–Kier alpha value is -2.80. The van der Waals surface area contributed by atoms with Crippen LogP contribution in [0.15, 0.2) is 47.3 Å². The molecule has 0 unspecified atom stereocenters. The number of nitrogens with zero attached hydrogens (tertiary/aromatic N) is 1. The number of carbonyl (C=O) groups is 1. The van der Waals surface area contributed by atoms with Crippen molar-refractivity contribution in [2.24, 2.45) is 0 Å². The molecule has 0 aliphatic carbocycles. The standard InChI is InChI=1S/C20H18F2N2O2S/c1-12-3-4-14(9-17(12)22)10-23-18(25)11-24-19(13(2)27-20(24)26)15-5-7-16(21)8-6-15/h3-9H,10-11H2,1-2H3,(H,23,25). The highest BCUT2D eigenvalue weighted by Crippen LogP contribution is 2.25. The smallest absolute Gasteiger partial charge is 0.308 e. The van der Waals surface area contributed by atoms with Crippen molar-refractivity contribution >= 4 is 17.2 Å². The van der Waals surface area contributed by atoms with Gasteiger partial charge < -0.3 is 5.32 Å². The SMILES string of the molecule is Cc1ccc(CNC(=O)Cn2c(-c3ccc(F)cc3)c(C)sc2=O)cc1F. The number of halogens is 2. The fraction of sp³-hybridized carbons (Fsp3) is 0.200. The first-order valence-electron chi connectivity index (χ1n) is 8.33. The number of amides is 1. The first kappa shape index (κ1) is 19.0. The molecule has 0 aliphatic rings. The molecule has 1 heterocycles. The average Bonchev–Trinajstić information content (AvgIpc) is 2.90. The van der Waals surface area contributed by atoms with Gasteiger partial charge >= 0.3 is 4.87 Å². The lowest BCUT2D eigenvalue weighted by Gasteiger charge is -2.10. The Bertz CT molecular complexity index is 1040. The number of hydrogen-bond acceptors (Lipinski definition) is 3. The molecule has 0 atom stereocenters. The predicted octanol–water partition coefficient (Wildman–Crippen LogP) is 3.79. The Labute approximate surface area is 159 Å². The van der Waals surface area contributed by atoms with E-state index in [0.29, 0.717) is 22.4 Å². The van der Waals surface area contributed by atoms with Crippen LogP contribution in [-0.2, 0) is 17.9 Å². The summed E-state index contributed by atoms with van der Waals surface area (Å²) < 4.78 is 28.1. The van der Waals surface area contributed by atoms with Gasteiger partial charge in [-0.05, 0) is 60.9 Å². The van der Waals surface area contributed by atoms with Crippen LogP contribution < -0.4 is 10.2 Å². The van der Waals surface area contributed by atoms with Gasteiger partial charge in [0.25, 0.3) is 0 Å². The van der Waals surface area contributed by atoms with Crippen LogP contribution in [0.3, 0.4) is 0 Å². The number of aryl methyl sites for hydroxylation is 2. The normalized spacial score (nSPS) is 10.8. The van der Waals surface area contributed by atoms with E-state index < -0.39 is 0 Å². The Morgan fingerprint density at radius 3 is 2.48 bits per heavy atom. The van der Waals surface area contributed by atoms with Crippen LogP contribution in [0.25, 0.3) is 11.3 Å². The molecule has 27 heavy (non-hydrogen) atoms. The van der Waals surface area contributed by atoms with Gasteiger partial charge in [0.15, 0.2) is 0 Å². The van der Waals surface area contributed by atoms with Gasteiger partial charge in [-0.25, -0.2) is 8.78 Å². The molecule has 3 rings (SSSR count). The molecule has 0 bridgehead atoms. The zero-order valence-electron chi connectivity index (χ0n) is 14.9. The molecule has 1 N–H and O–H groups in total. The van der Waals surface area contributed by atoms with Crippen LogP contribution in [0.1, 0.15) is 16.0 Å². The number of carbonyl (C=O) groups excluding carboxylic acids is 1. The second-order valence-electron chi connectivity index (χ2n) is 6.23. The molecule has 2 aromatic carbocycles. The summed E-state index contributed by atoms with van der Waals surface area (Å²) in [5.41, 5.74) is 2.44. The number of benzene rings is 2. The Kier molecular flexibility index (Phi) is 5.51. The summed E-state index contributed by atoms with van der Waals surface area (Å²) in [6.45, 7) is 3.46. The molecule has 0 fully saturated rings. The first-order valence-corrected chi connectivity index (χ1v) is 9.14. The summed E-state index contributed by atoms with van der Waals surface area (Å²) in [6.07, 6.45) is 0. The number of aromatic nitrogens is 1. The van der Waals surface area contributed by atoms with Crippen LogP contribution >= 0.6 is 11.3 Å². The van der Waals surface area contributed by atoms with Gasteiger partial charge in [0.05, 0.1) is 5.69 Å². The van der Waals surface area contributed by atoms with Crippen molar-refractivity contribution < 1.29 is 13.6 Å². The Balaban J connectivity index is 1.77. The minimum atomic E-state index is -0.372. The number of nitrogens with one attached hydrogen (secondary N) is 1. The maximum atomic E-state index is 13.6. The van der Waals surface area contributed by atoms with Crippen LogP contribution in [0.5, 0.6) is 0 Å². The predicted molar refractivity (Wildman–Crippen MR) is 102 cm³/mol. The lowest BCUT2D eigenvalue weighted by atomic mass is 10.1. The summed E-state index contributed by atoms with van der Waals surface area (Å²) in [6, 6.07) is 10.5. The van der Waals surface area contributed by atoms with Crippen LogP contribution in [0.4, 0.5) is 8.78 Å². The molecule has 4 nitrogen and oxygen atoms in total. The van der Waals surface area contributed by atoms with Crippen LogP contribution in [-0.4, -0.2) is 10.5 Å². The maximum Gasteiger partial charge on any atom is 0.308 e. The minimum Gasteiger partial charge on any atom is -0.350 e. The van der Waals surface area contributed by atoms with E-state index in [9.17, 15) is 18.4 Å². The topological polar surface area (TPSA) is 51.1 Å². The molecular formula is C20H18F2N2O2S. The molecule has 0 saturated heterocycles. The molecule has 1 aromatic heterocycles. The van der Waals surface area contributed by atoms with E-state index >= 15 is 0 Å². The van der Waals surface area contributed by atoms with Crippen molar-refractivity contribution in [2.75, 3.05) is 0 Å². The summed E-state index contributed by atoms with van der Waals surface area (Å²) >= 11 is 1.04. The number of rotatable bonds is 5. The van der Waals surface area contributed by atoms with Gasteiger partial charge in [0.1, 0.15) is 18.2 Å². The zero-order chi connectivity index (χ0) is 19.6. The van der Waals surface area contributed by atoms with Crippen molar-refractivity contribution in [3.05, 3.63) is 79.8 Å². The van der Waals surface area contributed by atoms with Crippen molar-refractivity contribution in [3.8, 4) is 11.3 Å². The Morgan fingerprint density at radius 1 is 1.11 bits per heavy atom. The lowest BCUT2D eigenvalue weighted by molar-refractivity contribution is -0.121. The summed E-state index contributed by atoms with van der Waals surface area (Å²) in [4.78, 5) is 25.1. The largest absolute Gasteiger partial charge is 0.350 e. The summed E-state index contributed by atoms with van der Waals surface area (Å²) in [5.74, 6) is -1.06. The van der Waals surface area contributed by atoms with Gasteiger partial charge in [0.2, 0.25) is 5.91 Å². The average molecular weight is 388 g/mol. The number of hydrogen-bond donors (Lipinski definition) is 1. The lowest BCUT2D eigenvalue weighted by Crippen LogP contribution is -2.30. The summed E-state index contributed by atoms with van der Waals surface area (Å²) in [5, 5.41) is 2.70. The molecule has 0 spiro atoms. The molecule has 3 aromatic rings. The second-order valence-corrected chi connectivity index (χ2v) is 7.39. The molecule has 140 valence electrons. The minimum absolute atomic E-state index is 0.162. The van der Waals surface area contributed by atoms with Crippen LogP contribution in [0, 0.1) is 25.5 Å². The molecular weight excluding hydrogens is 370 g/mol. The third-order valence-electron chi connectivity index (χ3n) is 4.21. The van der Waals surface area contributed by atoms with E-state index in [1.165, 1.54) is 22.8 Å². The number of thiazole rings is 1. The van der Waals surface area contributed by atoms with Gasteiger partial charge in [-0.15, -0.1) is 0 Å². The molecule has 1 amide bonds. The van der Waals surface area contributed by atoms with Gasteiger partial charge in [-0.1, -0.05) is 23.5 Å². The van der Waals surface area contributed by atoms with E-state index in [1.54, 1.807) is 38.1 Å². The third kappa shape index (κ3) is 4.31. The monoisotopic (exact) mass is 388 g/mol.